The number of carboxylic acid groups (broad SMARTS) is 1. The van der Waals surface area contributed by atoms with E-state index in [-0.39, 0.29) is 22.1 Å². The Kier molecular flexibility index (Phi) is 7.77. The maximum absolute atomic E-state index is 14.0. The molecule has 0 bridgehead atoms. The largest absolute Gasteiger partial charge is 0.497 e. The van der Waals surface area contributed by atoms with Crippen molar-refractivity contribution in [1.82, 2.24) is 4.57 Å². The third kappa shape index (κ3) is 5.48. The number of hydrogen-bond acceptors (Lipinski definition) is 7. The number of nitrogens with one attached hydrogen (secondary N) is 1. The second kappa shape index (κ2) is 11.8. The predicted molar refractivity (Wildman–Crippen MR) is 168 cm³/mol. The van der Waals surface area contributed by atoms with Crippen molar-refractivity contribution in [2.24, 2.45) is 4.99 Å². The van der Waals surface area contributed by atoms with Gasteiger partial charge in [0.05, 0.1) is 39.5 Å². The third-order valence-electron chi connectivity index (χ3n) is 7.11. The summed E-state index contributed by atoms with van der Waals surface area (Å²) in [5.74, 6) is 0.0125. The molecule has 0 saturated carbocycles. The third-order valence-corrected chi connectivity index (χ3v) is 8.41. The summed E-state index contributed by atoms with van der Waals surface area (Å²) in [5.41, 5.74) is 2.42. The zero-order valence-electron chi connectivity index (χ0n) is 23.4. The van der Waals surface area contributed by atoms with Crippen LogP contribution < -0.4 is 24.9 Å². The first-order chi connectivity index (χ1) is 21.2. The topological polar surface area (TPSA) is 123 Å². The number of allylic oxidation sites excluding steroid dienone is 1. The summed E-state index contributed by atoms with van der Waals surface area (Å²) in [5, 5.41) is 12.3. The van der Waals surface area contributed by atoms with Gasteiger partial charge in [0.25, 0.3) is 11.5 Å². The normalized spacial score (nSPS) is 14.6. The fourth-order valence-corrected chi connectivity index (χ4v) is 6.28. The number of rotatable bonds is 7. The molecule has 1 atom stereocenters. The van der Waals surface area contributed by atoms with E-state index < -0.39 is 12.0 Å². The first kappa shape index (κ1) is 28.9. The number of carboxylic acids is 1. The van der Waals surface area contributed by atoms with Gasteiger partial charge in [0.15, 0.2) is 4.80 Å². The molecule has 1 aliphatic heterocycles. The summed E-state index contributed by atoms with van der Waals surface area (Å²) in [7, 11) is 1.57. The van der Waals surface area contributed by atoms with Gasteiger partial charge in [-0.25, -0.2) is 9.79 Å². The Morgan fingerprint density at radius 1 is 1.07 bits per heavy atom. The number of ether oxygens (including phenoxy) is 1. The number of hydrogen-bond donors (Lipinski definition) is 2. The van der Waals surface area contributed by atoms with Crippen LogP contribution in [0.15, 0.2) is 110 Å². The van der Waals surface area contributed by atoms with Crippen molar-refractivity contribution >= 4 is 46.6 Å². The molecule has 0 saturated heterocycles. The Hall–Kier alpha value is -5.19. The predicted octanol–water partition coefficient (Wildman–Crippen LogP) is 5.49. The number of methoxy groups -OCH3 is 1. The number of thiazole rings is 1. The van der Waals surface area contributed by atoms with Crippen LogP contribution in [0.2, 0.25) is 5.02 Å². The Morgan fingerprint density at radius 2 is 1.82 bits per heavy atom. The number of halogens is 1. The number of carbonyl (C=O) groups excluding carboxylic acids is 1. The maximum atomic E-state index is 14.0. The van der Waals surface area contributed by atoms with Gasteiger partial charge in [-0.05, 0) is 61.0 Å². The summed E-state index contributed by atoms with van der Waals surface area (Å²) in [6, 6.07) is 23.5. The highest BCUT2D eigenvalue weighted by molar-refractivity contribution is 7.07. The van der Waals surface area contributed by atoms with Crippen molar-refractivity contribution in [2.75, 3.05) is 12.4 Å². The smallest absolute Gasteiger partial charge is 0.337 e. The fourth-order valence-electron chi connectivity index (χ4n) is 4.99. The summed E-state index contributed by atoms with van der Waals surface area (Å²) in [4.78, 5) is 44.1. The van der Waals surface area contributed by atoms with E-state index in [2.05, 4.69) is 10.3 Å². The number of benzene rings is 3. The van der Waals surface area contributed by atoms with Crippen molar-refractivity contribution in [3.63, 3.8) is 0 Å². The van der Waals surface area contributed by atoms with E-state index in [0.717, 1.165) is 0 Å². The van der Waals surface area contributed by atoms with E-state index in [9.17, 15) is 19.5 Å². The zero-order chi connectivity index (χ0) is 31.0. The van der Waals surface area contributed by atoms with E-state index in [1.165, 1.54) is 28.0 Å². The van der Waals surface area contributed by atoms with Crippen molar-refractivity contribution in [3.05, 3.63) is 138 Å². The lowest BCUT2D eigenvalue weighted by atomic mass is 9.95. The van der Waals surface area contributed by atoms with Crippen LogP contribution in [-0.2, 0) is 4.79 Å². The van der Waals surface area contributed by atoms with Crippen LogP contribution in [0, 0.1) is 0 Å². The number of furan rings is 1. The molecule has 3 aromatic carbocycles. The quantitative estimate of drug-likeness (QED) is 0.246. The minimum absolute atomic E-state index is 0.0122. The van der Waals surface area contributed by atoms with Crippen LogP contribution in [0.4, 0.5) is 5.69 Å². The lowest BCUT2D eigenvalue weighted by Gasteiger charge is -2.25. The number of fused-ring (bicyclic) bond motifs is 1. The molecule has 11 heteroatoms. The van der Waals surface area contributed by atoms with Gasteiger partial charge in [-0.1, -0.05) is 59.3 Å². The van der Waals surface area contributed by atoms with Crippen LogP contribution >= 0.6 is 22.9 Å². The van der Waals surface area contributed by atoms with Crippen molar-refractivity contribution in [2.45, 2.75) is 13.0 Å². The average molecular weight is 626 g/mol. The van der Waals surface area contributed by atoms with Crippen molar-refractivity contribution in [1.29, 1.82) is 0 Å². The lowest BCUT2D eigenvalue weighted by Crippen LogP contribution is -2.40. The highest BCUT2D eigenvalue weighted by Crippen LogP contribution is 2.32. The molecule has 2 aromatic heterocycles. The summed E-state index contributed by atoms with van der Waals surface area (Å²) in [6.45, 7) is 1.76. The Bertz CT molecular complexity index is 2130. The first-order valence-electron chi connectivity index (χ1n) is 13.4. The molecule has 44 heavy (non-hydrogen) atoms. The first-order valence-corrected chi connectivity index (χ1v) is 14.6. The van der Waals surface area contributed by atoms with Gasteiger partial charge in [0, 0.05) is 17.3 Å². The minimum Gasteiger partial charge on any atom is -0.497 e. The van der Waals surface area contributed by atoms with Gasteiger partial charge in [-0.2, -0.15) is 0 Å². The number of carbonyl (C=O) groups is 2. The highest BCUT2D eigenvalue weighted by Gasteiger charge is 2.32. The summed E-state index contributed by atoms with van der Waals surface area (Å²) >= 11 is 7.33. The molecule has 2 N–H and O–H groups in total. The standard InChI is InChI=1S/C33H24ClN3O6S/c1-18-28(30(38)36-21-6-4-3-5-7-21)29(19-8-11-22(42-2)12-9-19)37-31(39)27(44-33(37)35-18)17-23-13-15-26(43-23)20-10-14-24(32(40)41)25(34)16-20/h3-17,29H,1-2H3,(H,36,38)(H,40,41)/t29-/m1/s1. The molecule has 6 rings (SSSR count). The molecule has 3 heterocycles. The maximum Gasteiger partial charge on any atom is 0.337 e. The second-order valence-corrected chi connectivity index (χ2v) is 11.3. The van der Waals surface area contributed by atoms with E-state index in [1.54, 1.807) is 62.6 Å². The molecular weight excluding hydrogens is 602 g/mol. The molecular formula is C33H24ClN3O6S. The fraction of sp³-hybridized carbons (Fsp3) is 0.0909. The van der Waals surface area contributed by atoms with Crippen molar-refractivity contribution < 1.29 is 23.8 Å². The molecule has 220 valence electrons. The Morgan fingerprint density at radius 3 is 2.50 bits per heavy atom. The van der Waals surface area contributed by atoms with Crippen LogP contribution in [0.1, 0.15) is 34.6 Å². The molecule has 0 spiro atoms. The van der Waals surface area contributed by atoms with Gasteiger partial charge in [-0.3, -0.25) is 14.2 Å². The molecule has 0 radical (unpaired) electrons. The zero-order valence-corrected chi connectivity index (χ0v) is 25.0. The van der Waals surface area contributed by atoms with Gasteiger partial charge in [0.1, 0.15) is 17.3 Å². The van der Waals surface area contributed by atoms with Crippen LogP contribution in [-0.4, -0.2) is 28.7 Å². The van der Waals surface area contributed by atoms with E-state index >= 15 is 0 Å². The van der Waals surface area contributed by atoms with E-state index in [1.807, 2.05) is 30.3 Å². The summed E-state index contributed by atoms with van der Waals surface area (Å²) < 4.78 is 13.2. The Labute approximate surface area is 259 Å². The number of anilines is 1. The van der Waals surface area contributed by atoms with E-state index in [0.29, 0.717) is 54.7 Å². The van der Waals surface area contributed by atoms with Gasteiger partial charge in [-0.15, -0.1) is 0 Å². The van der Waals surface area contributed by atoms with Crippen LogP contribution in [0.3, 0.4) is 0 Å². The van der Waals surface area contributed by atoms with Gasteiger partial charge < -0.3 is 19.6 Å². The number of nitrogens with zero attached hydrogens (tertiary/aromatic N) is 2. The SMILES string of the molecule is COc1ccc([C@@H]2C(C(=O)Nc3ccccc3)=C(C)N=c3sc(=Cc4ccc(-c5ccc(C(=O)O)c(Cl)c5)o4)c(=O)n32)cc1. The number of aromatic carboxylic acids is 1. The Balaban J connectivity index is 1.42. The molecule has 1 amide bonds. The molecule has 0 unspecified atom stereocenters. The molecule has 9 nitrogen and oxygen atoms in total. The highest BCUT2D eigenvalue weighted by atomic mass is 35.5. The van der Waals surface area contributed by atoms with Gasteiger partial charge in [0.2, 0.25) is 0 Å². The van der Waals surface area contributed by atoms with Crippen molar-refractivity contribution in [3.8, 4) is 17.1 Å². The second-order valence-electron chi connectivity index (χ2n) is 9.88. The molecule has 1 aliphatic rings. The monoisotopic (exact) mass is 625 g/mol. The average Bonchev–Trinajstić information content (AvgIpc) is 3.60. The van der Waals surface area contributed by atoms with Gasteiger partial charge >= 0.3 is 5.97 Å². The number of amides is 1. The molecule has 5 aromatic rings. The summed E-state index contributed by atoms with van der Waals surface area (Å²) in [6.07, 6.45) is 1.62. The van der Waals surface area contributed by atoms with Crippen LogP contribution in [0.25, 0.3) is 17.4 Å². The molecule has 0 aliphatic carbocycles. The lowest BCUT2D eigenvalue weighted by molar-refractivity contribution is -0.113. The van der Waals surface area contributed by atoms with E-state index in [4.69, 9.17) is 20.8 Å². The van der Waals surface area contributed by atoms with Crippen LogP contribution in [0.5, 0.6) is 5.75 Å². The molecule has 0 fully saturated rings. The number of aromatic nitrogens is 1. The minimum atomic E-state index is -1.12. The number of para-hydroxylation sites is 1.